The second kappa shape index (κ2) is 10.5. The van der Waals surface area contributed by atoms with Crippen molar-refractivity contribution in [1.82, 2.24) is 0 Å². The molecule has 0 radical (unpaired) electrons. The third-order valence-corrected chi connectivity index (χ3v) is 3.91. The highest BCUT2D eigenvalue weighted by Gasteiger charge is 2.13. The fourth-order valence-corrected chi connectivity index (χ4v) is 2.45. The zero-order valence-electron chi connectivity index (χ0n) is 16.5. The second-order valence-corrected chi connectivity index (χ2v) is 5.94. The van der Waals surface area contributed by atoms with E-state index in [9.17, 15) is 14.9 Å². The van der Waals surface area contributed by atoms with Crippen molar-refractivity contribution in [3.63, 3.8) is 0 Å². The Morgan fingerprint density at radius 2 is 1.93 bits per heavy atom. The molecular weight excluding hydrogens is 372 g/mol. The number of methoxy groups -OCH3 is 1. The molecule has 0 fully saturated rings. The highest BCUT2D eigenvalue weighted by atomic mass is 16.6. The van der Waals surface area contributed by atoms with E-state index in [1.54, 1.807) is 37.3 Å². The van der Waals surface area contributed by atoms with E-state index >= 15 is 0 Å². The Bertz CT molecular complexity index is 960. The topological polar surface area (TPSA) is 97.7 Å². The molecule has 1 amide bonds. The number of benzene rings is 2. The number of carbonyl (C=O) groups is 2. The van der Waals surface area contributed by atoms with Crippen molar-refractivity contribution in [1.29, 1.82) is 5.26 Å². The molecule has 1 N–H and O–H groups in total. The van der Waals surface area contributed by atoms with Crippen LogP contribution in [-0.2, 0) is 14.3 Å². The van der Waals surface area contributed by atoms with Crippen LogP contribution in [0, 0.1) is 18.3 Å². The minimum absolute atomic E-state index is 0.0597. The van der Waals surface area contributed by atoms with Crippen molar-refractivity contribution in [3.05, 3.63) is 59.2 Å². The second-order valence-electron chi connectivity index (χ2n) is 5.94. The van der Waals surface area contributed by atoms with Gasteiger partial charge in [0.1, 0.15) is 11.6 Å². The molecule has 0 spiro atoms. The molecule has 150 valence electrons. The summed E-state index contributed by atoms with van der Waals surface area (Å²) in [6.45, 7) is 3.60. The minimum atomic E-state index is -0.511. The largest absolute Gasteiger partial charge is 0.493 e. The summed E-state index contributed by atoms with van der Waals surface area (Å²) < 4.78 is 15.5. The van der Waals surface area contributed by atoms with Gasteiger partial charge in [-0.05, 0) is 49.2 Å². The summed E-state index contributed by atoms with van der Waals surface area (Å²) in [5.74, 6) is -0.290. The number of para-hydroxylation sites is 1. The molecule has 29 heavy (non-hydrogen) atoms. The van der Waals surface area contributed by atoms with E-state index in [0.717, 1.165) is 5.56 Å². The van der Waals surface area contributed by atoms with Gasteiger partial charge in [0.2, 0.25) is 0 Å². The molecule has 0 aromatic heterocycles. The molecule has 0 aliphatic rings. The molecule has 2 rings (SSSR count). The zero-order chi connectivity index (χ0) is 21.2. The Kier molecular flexibility index (Phi) is 7.80. The Balaban J connectivity index is 2.18. The molecule has 0 heterocycles. The van der Waals surface area contributed by atoms with Crippen molar-refractivity contribution in [2.24, 2.45) is 0 Å². The zero-order valence-corrected chi connectivity index (χ0v) is 16.5. The molecule has 7 nitrogen and oxygen atoms in total. The Labute approximate surface area is 169 Å². The number of anilines is 1. The number of nitriles is 1. The first-order valence-electron chi connectivity index (χ1n) is 8.93. The van der Waals surface area contributed by atoms with E-state index in [2.05, 4.69) is 5.32 Å². The first-order valence-corrected chi connectivity index (χ1v) is 8.93. The van der Waals surface area contributed by atoms with Crippen LogP contribution < -0.4 is 14.8 Å². The van der Waals surface area contributed by atoms with Crippen molar-refractivity contribution in [2.75, 3.05) is 25.6 Å². The molecule has 0 bridgehead atoms. The third-order valence-electron chi connectivity index (χ3n) is 3.91. The molecule has 0 saturated carbocycles. The van der Waals surface area contributed by atoms with E-state index in [-0.39, 0.29) is 18.8 Å². The normalized spacial score (nSPS) is 10.6. The van der Waals surface area contributed by atoms with Crippen LogP contribution in [0.2, 0.25) is 0 Å². The molecule has 0 atom stereocenters. The summed E-state index contributed by atoms with van der Waals surface area (Å²) >= 11 is 0. The van der Waals surface area contributed by atoms with Crippen LogP contribution in [-0.4, -0.2) is 32.2 Å². The third kappa shape index (κ3) is 6.11. The average Bonchev–Trinajstić information content (AvgIpc) is 2.72. The molecule has 2 aromatic rings. The van der Waals surface area contributed by atoms with E-state index < -0.39 is 11.9 Å². The van der Waals surface area contributed by atoms with Crippen LogP contribution in [0.1, 0.15) is 18.1 Å². The number of ether oxygens (including phenoxy) is 3. The number of nitrogens with zero attached hydrogens (tertiary/aromatic N) is 1. The van der Waals surface area contributed by atoms with E-state index in [1.165, 1.54) is 13.2 Å². The van der Waals surface area contributed by atoms with Crippen molar-refractivity contribution >= 4 is 23.6 Å². The van der Waals surface area contributed by atoms with Crippen LogP contribution >= 0.6 is 0 Å². The predicted molar refractivity (Wildman–Crippen MR) is 109 cm³/mol. The van der Waals surface area contributed by atoms with Crippen LogP contribution in [0.5, 0.6) is 11.5 Å². The number of nitrogens with one attached hydrogen (secondary N) is 1. The number of hydrogen-bond donors (Lipinski definition) is 1. The monoisotopic (exact) mass is 394 g/mol. The molecule has 0 unspecified atom stereocenters. The molecule has 0 aliphatic heterocycles. The van der Waals surface area contributed by atoms with Gasteiger partial charge < -0.3 is 19.5 Å². The lowest BCUT2D eigenvalue weighted by molar-refractivity contribution is -0.145. The van der Waals surface area contributed by atoms with E-state index in [0.29, 0.717) is 22.7 Å². The summed E-state index contributed by atoms with van der Waals surface area (Å²) in [4.78, 5) is 23.9. The van der Waals surface area contributed by atoms with Crippen molar-refractivity contribution in [2.45, 2.75) is 13.8 Å². The lowest BCUT2D eigenvalue weighted by Crippen LogP contribution is -2.15. The summed E-state index contributed by atoms with van der Waals surface area (Å²) in [5, 5.41) is 12.1. The number of hydrogen-bond acceptors (Lipinski definition) is 6. The standard InChI is InChI=1S/C22H22N2O5/c1-4-28-21(25)14-29-19-10-9-16(12-20(19)27-3)11-17(13-23)22(26)24-18-8-6-5-7-15(18)2/h5-12H,4,14H2,1-3H3,(H,24,26)/b17-11-. The van der Waals surface area contributed by atoms with Crippen LogP contribution in [0.15, 0.2) is 48.0 Å². The van der Waals surface area contributed by atoms with Gasteiger partial charge in [-0.15, -0.1) is 0 Å². The first kappa shape index (κ1) is 21.5. The van der Waals surface area contributed by atoms with E-state index in [1.807, 2.05) is 25.1 Å². The highest BCUT2D eigenvalue weighted by Crippen LogP contribution is 2.29. The van der Waals surface area contributed by atoms with Gasteiger partial charge in [-0.2, -0.15) is 5.26 Å². The molecular formula is C22H22N2O5. The minimum Gasteiger partial charge on any atom is -0.493 e. The quantitative estimate of drug-likeness (QED) is 0.418. The SMILES string of the molecule is CCOC(=O)COc1ccc(/C=C(/C#N)C(=O)Nc2ccccc2C)cc1OC. The highest BCUT2D eigenvalue weighted by molar-refractivity contribution is 6.10. The van der Waals surface area contributed by atoms with Gasteiger partial charge in [0.15, 0.2) is 18.1 Å². The first-order chi connectivity index (χ1) is 14.0. The van der Waals surface area contributed by atoms with Gasteiger partial charge in [0.25, 0.3) is 5.91 Å². The summed E-state index contributed by atoms with van der Waals surface area (Å²) in [6, 6.07) is 14.1. The van der Waals surface area contributed by atoms with Gasteiger partial charge >= 0.3 is 5.97 Å². The van der Waals surface area contributed by atoms with Gasteiger partial charge in [0, 0.05) is 5.69 Å². The number of amides is 1. The maximum Gasteiger partial charge on any atom is 0.344 e. The summed E-state index contributed by atoms with van der Waals surface area (Å²) in [5.41, 5.74) is 2.04. The maximum absolute atomic E-state index is 12.5. The fraction of sp³-hybridized carbons (Fsp3) is 0.227. The smallest absolute Gasteiger partial charge is 0.344 e. The number of carbonyl (C=O) groups excluding carboxylic acids is 2. The van der Waals surface area contributed by atoms with Gasteiger partial charge in [-0.3, -0.25) is 4.79 Å². The lowest BCUT2D eigenvalue weighted by atomic mass is 10.1. The van der Waals surface area contributed by atoms with Gasteiger partial charge in [0.05, 0.1) is 13.7 Å². The average molecular weight is 394 g/mol. The number of esters is 1. The Morgan fingerprint density at radius 3 is 2.59 bits per heavy atom. The molecule has 0 aliphatic carbocycles. The van der Waals surface area contributed by atoms with Crippen LogP contribution in [0.3, 0.4) is 0 Å². The maximum atomic E-state index is 12.5. The Hall–Kier alpha value is -3.79. The van der Waals surface area contributed by atoms with E-state index in [4.69, 9.17) is 14.2 Å². The summed E-state index contributed by atoms with van der Waals surface area (Å²) in [7, 11) is 1.45. The summed E-state index contributed by atoms with van der Waals surface area (Å²) in [6.07, 6.45) is 1.45. The number of aryl methyl sites for hydroxylation is 1. The number of rotatable bonds is 8. The van der Waals surface area contributed by atoms with Crippen molar-refractivity contribution < 1.29 is 23.8 Å². The van der Waals surface area contributed by atoms with Crippen molar-refractivity contribution in [3.8, 4) is 17.6 Å². The molecule has 7 heteroatoms. The molecule has 2 aromatic carbocycles. The predicted octanol–water partition coefficient (Wildman–Crippen LogP) is 3.49. The molecule has 0 saturated heterocycles. The Morgan fingerprint density at radius 1 is 1.17 bits per heavy atom. The van der Waals surface area contributed by atoms with Gasteiger partial charge in [-0.25, -0.2) is 4.79 Å². The fourth-order valence-electron chi connectivity index (χ4n) is 2.45. The van der Waals surface area contributed by atoms with Crippen LogP contribution in [0.4, 0.5) is 5.69 Å². The van der Waals surface area contributed by atoms with Crippen LogP contribution in [0.25, 0.3) is 6.08 Å². The lowest BCUT2D eigenvalue weighted by Gasteiger charge is -2.11. The van der Waals surface area contributed by atoms with Gasteiger partial charge in [-0.1, -0.05) is 24.3 Å².